The van der Waals surface area contributed by atoms with E-state index in [2.05, 4.69) is 58.7 Å². The van der Waals surface area contributed by atoms with Crippen molar-refractivity contribution in [1.29, 1.82) is 0 Å². The monoisotopic (exact) mass is 343 g/mol. The molecule has 0 unspecified atom stereocenters. The predicted molar refractivity (Wildman–Crippen MR) is 102 cm³/mol. The number of benzene rings is 1. The van der Waals surface area contributed by atoms with E-state index in [0.717, 1.165) is 49.8 Å². The molecule has 1 aromatic carbocycles. The zero-order valence-corrected chi connectivity index (χ0v) is 15.7. The van der Waals surface area contributed by atoms with Crippen LogP contribution in [0.4, 0.5) is 0 Å². The van der Waals surface area contributed by atoms with E-state index < -0.39 is 0 Å². The summed E-state index contributed by atoms with van der Waals surface area (Å²) in [4.78, 5) is 8.93. The molecule has 0 aliphatic carbocycles. The molecule has 25 heavy (non-hydrogen) atoms. The van der Waals surface area contributed by atoms with Gasteiger partial charge < -0.3 is 15.2 Å². The van der Waals surface area contributed by atoms with E-state index in [4.69, 9.17) is 4.52 Å². The Morgan fingerprint density at radius 1 is 1.16 bits per heavy atom. The minimum Gasteiger partial charge on any atom is -0.357 e. The minimum absolute atomic E-state index is 0.556. The van der Waals surface area contributed by atoms with E-state index in [1.54, 1.807) is 0 Å². The number of aryl methyl sites for hydroxylation is 1. The standard InChI is InChI=1S/C19H29N5O/c1-5-17-23-18(25-24-17)16-9-7-15(8-10-16)11-12-21-19(20-6-2)22-13-14(3)4/h7-10,14H,5-6,11-13H2,1-4H3,(H2,20,21,22). The van der Waals surface area contributed by atoms with Crippen molar-refractivity contribution in [3.8, 4) is 11.5 Å². The highest BCUT2D eigenvalue weighted by atomic mass is 16.5. The van der Waals surface area contributed by atoms with Crippen LogP contribution in [0.3, 0.4) is 0 Å². The molecule has 0 spiro atoms. The molecule has 0 atom stereocenters. The zero-order valence-electron chi connectivity index (χ0n) is 15.7. The Morgan fingerprint density at radius 2 is 1.92 bits per heavy atom. The Balaban J connectivity index is 1.87. The molecular formula is C19H29N5O. The maximum absolute atomic E-state index is 5.27. The molecule has 2 N–H and O–H groups in total. The largest absolute Gasteiger partial charge is 0.357 e. The predicted octanol–water partition coefficient (Wildman–Crippen LogP) is 3.05. The van der Waals surface area contributed by atoms with Gasteiger partial charge in [-0.05, 0) is 37.0 Å². The average molecular weight is 343 g/mol. The molecule has 2 aromatic rings. The van der Waals surface area contributed by atoms with E-state index in [1.807, 2.05) is 19.1 Å². The van der Waals surface area contributed by atoms with Crippen LogP contribution in [0.1, 0.15) is 39.1 Å². The van der Waals surface area contributed by atoms with Gasteiger partial charge in [0, 0.05) is 31.6 Å². The van der Waals surface area contributed by atoms with Gasteiger partial charge in [0.1, 0.15) is 0 Å². The molecule has 6 heteroatoms. The molecule has 0 radical (unpaired) electrons. The van der Waals surface area contributed by atoms with Crippen molar-refractivity contribution in [2.45, 2.75) is 40.5 Å². The van der Waals surface area contributed by atoms with E-state index in [9.17, 15) is 0 Å². The second-order valence-electron chi connectivity index (χ2n) is 6.36. The number of aromatic nitrogens is 2. The van der Waals surface area contributed by atoms with Crippen LogP contribution in [-0.4, -0.2) is 35.7 Å². The van der Waals surface area contributed by atoms with Crippen LogP contribution >= 0.6 is 0 Å². The van der Waals surface area contributed by atoms with Crippen LogP contribution in [0.5, 0.6) is 0 Å². The van der Waals surface area contributed by atoms with Crippen molar-refractivity contribution in [3.05, 3.63) is 35.7 Å². The Labute approximate surface area is 150 Å². The summed E-state index contributed by atoms with van der Waals surface area (Å²) in [6, 6.07) is 8.26. The Kier molecular flexibility index (Phi) is 7.44. The SMILES string of the molecule is CCNC(=NCC(C)C)NCCc1ccc(-c2nc(CC)no2)cc1. The number of rotatable bonds is 8. The number of aliphatic imine (C=N–C) groups is 1. The van der Waals surface area contributed by atoms with Gasteiger partial charge in [0.2, 0.25) is 0 Å². The van der Waals surface area contributed by atoms with Gasteiger partial charge in [-0.2, -0.15) is 4.98 Å². The molecule has 2 rings (SSSR count). The lowest BCUT2D eigenvalue weighted by Gasteiger charge is -2.12. The topological polar surface area (TPSA) is 75.3 Å². The first-order valence-electron chi connectivity index (χ1n) is 9.06. The maximum atomic E-state index is 5.27. The highest BCUT2D eigenvalue weighted by Crippen LogP contribution is 2.18. The maximum Gasteiger partial charge on any atom is 0.257 e. The molecule has 1 aromatic heterocycles. The molecule has 0 bridgehead atoms. The second-order valence-corrected chi connectivity index (χ2v) is 6.36. The molecule has 0 fully saturated rings. The van der Waals surface area contributed by atoms with Crippen molar-refractivity contribution in [2.24, 2.45) is 10.9 Å². The fourth-order valence-corrected chi connectivity index (χ4v) is 2.27. The van der Waals surface area contributed by atoms with Crippen LogP contribution in [0.15, 0.2) is 33.8 Å². The van der Waals surface area contributed by atoms with Gasteiger partial charge in [-0.3, -0.25) is 4.99 Å². The molecule has 0 saturated carbocycles. The summed E-state index contributed by atoms with van der Waals surface area (Å²) in [5.74, 6) is 2.75. The quantitative estimate of drug-likeness (QED) is 0.569. The molecule has 0 saturated heterocycles. The zero-order chi connectivity index (χ0) is 18.1. The average Bonchev–Trinajstić information content (AvgIpc) is 3.09. The van der Waals surface area contributed by atoms with E-state index in [0.29, 0.717) is 11.8 Å². The minimum atomic E-state index is 0.556. The molecule has 0 aliphatic rings. The Bertz CT molecular complexity index is 661. The summed E-state index contributed by atoms with van der Waals surface area (Å²) in [5, 5.41) is 10.6. The number of nitrogens with zero attached hydrogens (tertiary/aromatic N) is 3. The van der Waals surface area contributed by atoms with Crippen LogP contribution in [-0.2, 0) is 12.8 Å². The van der Waals surface area contributed by atoms with E-state index in [-0.39, 0.29) is 0 Å². The van der Waals surface area contributed by atoms with Crippen molar-refractivity contribution in [1.82, 2.24) is 20.8 Å². The van der Waals surface area contributed by atoms with Gasteiger partial charge in [-0.25, -0.2) is 0 Å². The molecule has 0 aliphatic heterocycles. The first-order chi connectivity index (χ1) is 12.1. The van der Waals surface area contributed by atoms with E-state index in [1.165, 1.54) is 5.56 Å². The van der Waals surface area contributed by atoms with Gasteiger partial charge in [0.05, 0.1) is 0 Å². The van der Waals surface area contributed by atoms with Crippen LogP contribution in [0.25, 0.3) is 11.5 Å². The molecule has 6 nitrogen and oxygen atoms in total. The van der Waals surface area contributed by atoms with Crippen molar-refractivity contribution < 1.29 is 4.52 Å². The third kappa shape index (κ3) is 6.21. The molecular weight excluding hydrogens is 314 g/mol. The third-order valence-corrected chi connectivity index (χ3v) is 3.65. The molecule has 136 valence electrons. The summed E-state index contributed by atoms with van der Waals surface area (Å²) >= 11 is 0. The fraction of sp³-hybridized carbons (Fsp3) is 0.526. The van der Waals surface area contributed by atoms with Gasteiger partial charge >= 0.3 is 0 Å². The third-order valence-electron chi connectivity index (χ3n) is 3.65. The van der Waals surface area contributed by atoms with Crippen molar-refractivity contribution in [3.63, 3.8) is 0 Å². The van der Waals surface area contributed by atoms with Gasteiger partial charge in [-0.1, -0.05) is 38.1 Å². The highest BCUT2D eigenvalue weighted by molar-refractivity contribution is 5.79. The highest BCUT2D eigenvalue weighted by Gasteiger charge is 2.07. The van der Waals surface area contributed by atoms with Gasteiger partial charge in [0.25, 0.3) is 5.89 Å². The Morgan fingerprint density at radius 3 is 2.52 bits per heavy atom. The van der Waals surface area contributed by atoms with Crippen molar-refractivity contribution in [2.75, 3.05) is 19.6 Å². The van der Waals surface area contributed by atoms with Crippen molar-refractivity contribution >= 4 is 5.96 Å². The van der Waals surface area contributed by atoms with Crippen LogP contribution in [0.2, 0.25) is 0 Å². The first-order valence-corrected chi connectivity index (χ1v) is 9.06. The van der Waals surface area contributed by atoms with Crippen LogP contribution in [0, 0.1) is 5.92 Å². The first kappa shape index (κ1) is 19.0. The normalized spacial score (nSPS) is 11.8. The smallest absolute Gasteiger partial charge is 0.257 e. The summed E-state index contributed by atoms with van der Waals surface area (Å²) in [7, 11) is 0. The number of hydrogen-bond acceptors (Lipinski definition) is 4. The van der Waals surface area contributed by atoms with E-state index >= 15 is 0 Å². The fourth-order valence-electron chi connectivity index (χ4n) is 2.27. The number of guanidine groups is 1. The summed E-state index contributed by atoms with van der Waals surface area (Å²) in [6.07, 6.45) is 1.70. The number of hydrogen-bond donors (Lipinski definition) is 2. The molecule has 1 heterocycles. The van der Waals surface area contributed by atoms with Crippen LogP contribution < -0.4 is 10.6 Å². The van der Waals surface area contributed by atoms with Gasteiger partial charge in [-0.15, -0.1) is 0 Å². The summed E-state index contributed by atoms with van der Waals surface area (Å²) in [5.41, 5.74) is 2.21. The lowest BCUT2D eigenvalue weighted by molar-refractivity contribution is 0.423. The number of nitrogens with one attached hydrogen (secondary N) is 2. The summed E-state index contributed by atoms with van der Waals surface area (Å²) in [6.45, 7) is 11.0. The van der Waals surface area contributed by atoms with Gasteiger partial charge in [0.15, 0.2) is 11.8 Å². The lowest BCUT2D eigenvalue weighted by Crippen LogP contribution is -2.38. The Hall–Kier alpha value is -2.37. The molecule has 0 amide bonds. The second kappa shape index (κ2) is 9.81. The lowest BCUT2D eigenvalue weighted by atomic mass is 10.1. The summed E-state index contributed by atoms with van der Waals surface area (Å²) < 4.78 is 5.27.